The number of carbonyl (C=O) groups excluding carboxylic acids is 2. The van der Waals surface area contributed by atoms with Gasteiger partial charge in [0.15, 0.2) is 18.7 Å². The van der Waals surface area contributed by atoms with Crippen LogP contribution < -0.4 is 11.5 Å². The number of nitrogen functional groups attached to an aromatic ring is 1. The van der Waals surface area contributed by atoms with E-state index < -0.39 is 54.1 Å². The van der Waals surface area contributed by atoms with Gasteiger partial charge in [-0.3, -0.25) is 9.59 Å². The summed E-state index contributed by atoms with van der Waals surface area (Å²) in [6, 6.07) is 4.12. The number of rotatable bonds is 8. The van der Waals surface area contributed by atoms with Crippen LogP contribution in [-0.2, 0) is 34.1 Å². The van der Waals surface area contributed by atoms with E-state index in [0.29, 0.717) is 5.52 Å². The summed E-state index contributed by atoms with van der Waals surface area (Å²) in [7, 11) is 0. The normalized spacial score (nSPS) is 25.0. The number of ether oxygens (including phenoxy) is 4. The molecule has 0 bridgehead atoms. The van der Waals surface area contributed by atoms with Gasteiger partial charge in [0.05, 0.1) is 17.7 Å². The molecule has 2 aromatic rings. The Hall–Kier alpha value is -3.31. The molecule has 1 aliphatic rings. The molecular weight excluding hydrogens is 472 g/mol. The summed E-state index contributed by atoms with van der Waals surface area (Å²) < 4.78 is 23.4. The van der Waals surface area contributed by atoms with Crippen LogP contribution >= 0.6 is 0 Å². The Bertz CT molecular complexity index is 1150. The Labute approximate surface area is 208 Å². The maximum absolute atomic E-state index is 12.7. The summed E-state index contributed by atoms with van der Waals surface area (Å²) in [5.74, 6) is -1.34. The molecule has 1 fully saturated rings. The third-order valence-electron chi connectivity index (χ3n) is 5.87. The Balaban J connectivity index is 1.90. The summed E-state index contributed by atoms with van der Waals surface area (Å²) in [5, 5.41) is 25.6. The monoisotopic (exact) mass is 504 g/mol. The Morgan fingerprint density at radius 3 is 2.67 bits per heavy atom. The Morgan fingerprint density at radius 1 is 1.36 bits per heavy atom. The van der Waals surface area contributed by atoms with Crippen LogP contribution in [0.2, 0.25) is 0 Å². The molecule has 0 saturated carbocycles. The van der Waals surface area contributed by atoms with Gasteiger partial charge in [-0.25, -0.2) is 9.50 Å². The molecule has 0 aromatic carbocycles. The first kappa shape index (κ1) is 27.3. The maximum atomic E-state index is 12.7. The van der Waals surface area contributed by atoms with Crippen molar-refractivity contribution in [3.63, 3.8) is 0 Å². The molecule has 3 heterocycles. The van der Waals surface area contributed by atoms with Crippen molar-refractivity contribution in [3.05, 3.63) is 24.2 Å². The van der Waals surface area contributed by atoms with Crippen molar-refractivity contribution >= 4 is 23.3 Å². The Morgan fingerprint density at radius 2 is 2.06 bits per heavy atom. The molecule has 1 saturated heterocycles. The largest absolute Gasteiger partial charge is 0.455 e. The topological polar surface area (TPSA) is 197 Å². The molecule has 13 nitrogen and oxygen atoms in total. The van der Waals surface area contributed by atoms with E-state index in [1.807, 2.05) is 6.07 Å². The number of esters is 2. The number of nitriles is 1. The fraction of sp³-hybridized carbons (Fsp3) is 0.609. The van der Waals surface area contributed by atoms with Crippen LogP contribution in [0.15, 0.2) is 18.5 Å². The number of nitrogens with two attached hydrogens (primary N) is 2. The average Bonchev–Trinajstić information content (AvgIpc) is 3.36. The minimum Gasteiger partial charge on any atom is -0.455 e. The molecule has 5 atom stereocenters. The minimum absolute atomic E-state index is 0.150. The molecule has 0 unspecified atom stereocenters. The third kappa shape index (κ3) is 5.12. The van der Waals surface area contributed by atoms with E-state index in [0.717, 1.165) is 0 Å². The quantitative estimate of drug-likeness (QED) is 0.252. The van der Waals surface area contributed by atoms with Crippen LogP contribution in [0.3, 0.4) is 0 Å². The van der Waals surface area contributed by atoms with E-state index in [4.69, 9.17) is 30.4 Å². The van der Waals surface area contributed by atoms with Gasteiger partial charge < -0.3 is 35.5 Å². The van der Waals surface area contributed by atoms with E-state index in [9.17, 15) is 20.0 Å². The highest BCUT2D eigenvalue weighted by Crippen LogP contribution is 2.42. The minimum atomic E-state index is -2.00. The second-order valence-corrected chi connectivity index (χ2v) is 9.95. The number of aromatic nitrogens is 3. The SMILES string of the molecule is CC(C)[C@H](N)C(=O)O[C@H]1[C@@H](O)[C@](C#N)(c2ccc3c(N)ncnn23)O[C@@H]1COCOC(=O)C(C)(C)C. The molecule has 2 aromatic heterocycles. The fourth-order valence-corrected chi connectivity index (χ4v) is 3.64. The molecule has 1 aliphatic heterocycles. The number of carbonyl (C=O) groups is 2. The summed E-state index contributed by atoms with van der Waals surface area (Å²) in [6.45, 7) is 7.89. The highest BCUT2D eigenvalue weighted by Gasteiger charge is 2.60. The molecule has 0 amide bonds. The predicted molar refractivity (Wildman–Crippen MR) is 125 cm³/mol. The van der Waals surface area contributed by atoms with E-state index in [-0.39, 0.29) is 24.0 Å². The lowest BCUT2D eigenvalue weighted by Crippen LogP contribution is -2.46. The van der Waals surface area contributed by atoms with Crippen molar-refractivity contribution in [1.82, 2.24) is 14.6 Å². The third-order valence-corrected chi connectivity index (χ3v) is 5.87. The van der Waals surface area contributed by atoms with Crippen LogP contribution in [0, 0.1) is 22.7 Å². The van der Waals surface area contributed by atoms with Crippen LogP contribution in [0.1, 0.15) is 40.3 Å². The molecule has 0 aliphatic carbocycles. The number of hydrogen-bond donors (Lipinski definition) is 3. The summed E-state index contributed by atoms with van der Waals surface area (Å²) in [4.78, 5) is 28.6. The van der Waals surface area contributed by atoms with Gasteiger partial charge in [-0.1, -0.05) is 13.8 Å². The smallest absolute Gasteiger partial charge is 0.323 e. The lowest BCUT2D eigenvalue weighted by molar-refractivity contribution is -0.172. The summed E-state index contributed by atoms with van der Waals surface area (Å²) in [6.07, 6.45) is -2.89. The van der Waals surface area contributed by atoms with Gasteiger partial charge in [0.1, 0.15) is 36.2 Å². The maximum Gasteiger partial charge on any atom is 0.323 e. The Kier molecular flexibility index (Phi) is 7.85. The van der Waals surface area contributed by atoms with Crippen LogP contribution in [-0.4, -0.2) is 69.4 Å². The van der Waals surface area contributed by atoms with Crippen LogP contribution in [0.5, 0.6) is 0 Å². The number of hydrogen-bond acceptors (Lipinski definition) is 12. The average molecular weight is 505 g/mol. The van der Waals surface area contributed by atoms with Crippen molar-refractivity contribution in [1.29, 1.82) is 5.26 Å². The van der Waals surface area contributed by atoms with E-state index in [1.165, 1.54) is 16.9 Å². The van der Waals surface area contributed by atoms with Gasteiger partial charge in [-0.05, 0) is 38.8 Å². The van der Waals surface area contributed by atoms with Gasteiger partial charge in [-0.15, -0.1) is 0 Å². The lowest BCUT2D eigenvalue weighted by atomic mass is 9.92. The van der Waals surface area contributed by atoms with E-state index in [1.54, 1.807) is 40.7 Å². The standard InChI is InChI=1S/C23H32N6O7/c1-12(2)16(25)20(31)35-17-14(8-33-11-34-21(32)22(3,4)5)36-23(9-24,18(17)30)15-7-6-13-19(26)27-10-28-29(13)15/h6-7,10,12,14,16-18,30H,8,11,25H2,1-5H3,(H2,26,27,28)/t14-,16+,17-,18-,23+/m1/s1. The number of aliphatic hydroxyl groups is 1. The van der Waals surface area contributed by atoms with Gasteiger partial charge in [0.25, 0.3) is 0 Å². The highest BCUT2D eigenvalue weighted by molar-refractivity contribution is 5.76. The van der Waals surface area contributed by atoms with Crippen molar-refractivity contribution in [2.75, 3.05) is 19.1 Å². The molecular formula is C23H32N6O7. The highest BCUT2D eigenvalue weighted by atomic mass is 16.7. The zero-order valence-electron chi connectivity index (χ0n) is 20.9. The number of fused-ring (bicyclic) bond motifs is 1. The van der Waals surface area contributed by atoms with Gasteiger partial charge in [-0.2, -0.15) is 10.4 Å². The summed E-state index contributed by atoms with van der Waals surface area (Å²) in [5.41, 5.74) is 9.63. The second-order valence-electron chi connectivity index (χ2n) is 9.95. The van der Waals surface area contributed by atoms with Crippen molar-refractivity contribution in [2.45, 2.75) is 64.6 Å². The van der Waals surface area contributed by atoms with Crippen molar-refractivity contribution < 1.29 is 33.6 Å². The second kappa shape index (κ2) is 10.4. The number of nitrogens with zero attached hydrogens (tertiary/aromatic N) is 4. The van der Waals surface area contributed by atoms with Gasteiger partial charge >= 0.3 is 11.9 Å². The zero-order valence-corrected chi connectivity index (χ0v) is 20.9. The first-order valence-electron chi connectivity index (χ1n) is 11.4. The van der Waals surface area contributed by atoms with Gasteiger partial charge in [0, 0.05) is 0 Å². The molecule has 196 valence electrons. The molecule has 3 rings (SSSR count). The molecule has 36 heavy (non-hydrogen) atoms. The van der Waals surface area contributed by atoms with Crippen LogP contribution in [0.25, 0.3) is 5.52 Å². The first-order chi connectivity index (χ1) is 16.8. The molecule has 0 radical (unpaired) electrons. The molecule has 13 heteroatoms. The fourth-order valence-electron chi connectivity index (χ4n) is 3.64. The van der Waals surface area contributed by atoms with E-state index >= 15 is 0 Å². The molecule has 5 N–H and O–H groups in total. The lowest BCUT2D eigenvalue weighted by Gasteiger charge is -2.25. The van der Waals surface area contributed by atoms with Crippen molar-refractivity contribution in [3.8, 4) is 6.07 Å². The number of anilines is 1. The zero-order chi connectivity index (χ0) is 26.8. The summed E-state index contributed by atoms with van der Waals surface area (Å²) >= 11 is 0. The molecule has 0 spiro atoms. The van der Waals surface area contributed by atoms with E-state index in [2.05, 4.69) is 10.1 Å². The van der Waals surface area contributed by atoms with Gasteiger partial charge in [0.2, 0.25) is 5.60 Å². The number of aliphatic hydroxyl groups excluding tert-OH is 1. The predicted octanol–water partition coefficient (Wildman–Crippen LogP) is 0.249. The first-order valence-corrected chi connectivity index (χ1v) is 11.4. The van der Waals surface area contributed by atoms with Crippen LogP contribution in [0.4, 0.5) is 5.82 Å². The van der Waals surface area contributed by atoms with Crippen molar-refractivity contribution in [2.24, 2.45) is 17.1 Å².